The predicted molar refractivity (Wildman–Crippen MR) is 61.8 cm³/mol. The number of benzene rings is 1. The summed E-state index contributed by atoms with van der Waals surface area (Å²) in [7, 11) is 0. The molecule has 0 saturated carbocycles. The molecule has 0 N–H and O–H groups in total. The summed E-state index contributed by atoms with van der Waals surface area (Å²) >= 11 is 5.00. The van der Waals surface area contributed by atoms with Crippen LogP contribution in [0.15, 0.2) is 24.3 Å². The Labute approximate surface area is 108 Å². The first-order chi connectivity index (χ1) is 7.38. The van der Waals surface area contributed by atoms with E-state index in [0.717, 1.165) is 5.56 Å². The molecule has 0 saturated heterocycles. The van der Waals surface area contributed by atoms with Gasteiger partial charge in [0.1, 0.15) is 0 Å². The Morgan fingerprint density at radius 1 is 1.06 bits per heavy atom. The fraction of sp³-hybridized carbons (Fsp3) is 0.455. The zero-order valence-corrected chi connectivity index (χ0v) is 12.5. The molecule has 0 spiro atoms. The Morgan fingerprint density at radius 2 is 1.50 bits per heavy atom. The van der Waals surface area contributed by atoms with Crippen LogP contribution in [0.25, 0.3) is 0 Å². The molecule has 90 valence electrons. The van der Waals surface area contributed by atoms with Crippen LogP contribution < -0.4 is 0 Å². The molecule has 0 unspecified atom stereocenters. The summed E-state index contributed by atoms with van der Waals surface area (Å²) in [6.07, 6.45) is -4.95. The summed E-state index contributed by atoms with van der Waals surface area (Å²) in [5.41, 5.74) is 1.39. The predicted octanol–water partition coefficient (Wildman–Crippen LogP) is 3.15. The number of halogens is 3. The monoisotopic (exact) mass is 362 g/mol. The molecule has 0 amide bonds. The summed E-state index contributed by atoms with van der Waals surface area (Å²) in [6.45, 7) is 4.03. The number of hydrogen-bond acceptors (Lipinski definition) is 0. The fourth-order valence-corrected chi connectivity index (χ4v) is 1.25. The van der Waals surface area contributed by atoms with E-state index in [1.54, 1.807) is 24.3 Å². The van der Waals surface area contributed by atoms with Crippen LogP contribution in [0.4, 0.5) is 13.2 Å². The molecule has 0 atom stereocenters. The Morgan fingerprint density at radius 3 is 1.81 bits per heavy atom. The first-order valence-corrected chi connectivity index (χ1v) is 9.04. The molecule has 0 fully saturated rings. The number of rotatable bonds is 2. The Bertz CT molecular complexity index is 304. The molecule has 1 rings (SSSR count). The zero-order chi connectivity index (χ0) is 12.8. The minimum absolute atomic E-state index is 0.321. The van der Waals surface area contributed by atoms with Gasteiger partial charge >= 0.3 is 33.5 Å². The van der Waals surface area contributed by atoms with Crippen LogP contribution in [-0.2, 0) is 6.42 Å². The van der Waals surface area contributed by atoms with Crippen LogP contribution in [0.3, 0.4) is 0 Å². The topological polar surface area (TPSA) is 0 Å². The number of alkyl halides is 3. The zero-order valence-electron chi connectivity index (χ0n) is 9.04. The summed E-state index contributed by atoms with van der Waals surface area (Å²) in [5.74, 6) is 0.356. The molecule has 0 aliphatic heterocycles. The molecule has 16 heavy (non-hydrogen) atoms. The van der Waals surface area contributed by atoms with Crippen molar-refractivity contribution in [1.29, 1.82) is 0 Å². The molecule has 5 heteroatoms. The van der Waals surface area contributed by atoms with Gasteiger partial charge in [0, 0.05) is 0 Å². The van der Waals surface area contributed by atoms with E-state index in [0.29, 0.717) is 11.5 Å². The van der Waals surface area contributed by atoms with E-state index in [9.17, 15) is 13.2 Å². The van der Waals surface area contributed by atoms with Gasteiger partial charge < -0.3 is 0 Å². The van der Waals surface area contributed by atoms with Crippen molar-refractivity contribution in [3.05, 3.63) is 35.4 Å². The average Bonchev–Trinajstić information content (AvgIpc) is 2.19. The summed E-state index contributed by atoms with van der Waals surface area (Å²) in [4.78, 5) is 0. The molecular weight excluding hydrogens is 347 g/mol. The molecule has 0 heterocycles. The van der Waals surface area contributed by atoms with Gasteiger partial charge in [-0.25, -0.2) is 0 Å². The Balaban J connectivity index is 0.00000106. The van der Waals surface area contributed by atoms with Crippen molar-refractivity contribution >= 4 is 27.3 Å². The SMILES string of the molecule is CC(C)c1ccc(CC(F)(F)F)cc1.[Se]=[Se]. The van der Waals surface area contributed by atoms with Crippen molar-refractivity contribution in [2.24, 2.45) is 0 Å². The average molecular weight is 360 g/mol. The van der Waals surface area contributed by atoms with Crippen molar-refractivity contribution in [3.63, 3.8) is 0 Å². The normalized spacial score (nSPS) is 10.9. The molecule has 0 bridgehead atoms. The van der Waals surface area contributed by atoms with Gasteiger partial charge in [-0.1, -0.05) is 38.1 Å². The maximum absolute atomic E-state index is 12.0. The van der Waals surface area contributed by atoms with E-state index in [4.69, 9.17) is 0 Å². The van der Waals surface area contributed by atoms with Crippen molar-refractivity contribution in [3.8, 4) is 0 Å². The third-order valence-corrected chi connectivity index (χ3v) is 2.05. The van der Waals surface area contributed by atoms with Gasteiger partial charge in [-0.3, -0.25) is 0 Å². The van der Waals surface area contributed by atoms with E-state index in [1.165, 1.54) is 0 Å². The van der Waals surface area contributed by atoms with Crippen molar-refractivity contribution in [2.45, 2.75) is 32.4 Å². The fourth-order valence-electron chi connectivity index (χ4n) is 1.25. The van der Waals surface area contributed by atoms with E-state index < -0.39 is 12.6 Å². The van der Waals surface area contributed by atoms with Gasteiger partial charge in [0.15, 0.2) is 0 Å². The van der Waals surface area contributed by atoms with E-state index >= 15 is 0 Å². The third kappa shape index (κ3) is 6.59. The minimum atomic E-state index is -4.11. The van der Waals surface area contributed by atoms with E-state index in [1.807, 2.05) is 13.8 Å². The van der Waals surface area contributed by atoms with Crippen LogP contribution in [-0.4, -0.2) is 33.5 Å². The molecule has 0 radical (unpaired) electrons. The van der Waals surface area contributed by atoms with E-state index in [2.05, 4.69) is 27.3 Å². The molecule has 0 aliphatic rings. The Kier molecular flexibility index (Phi) is 7.41. The first-order valence-electron chi connectivity index (χ1n) is 4.71. The van der Waals surface area contributed by atoms with Crippen LogP contribution >= 0.6 is 0 Å². The second-order valence-corrected chi connectivity index (χ2v) is 3.69. The second-order valence-electron chi connectivity index (χ2n) is 3.69. The van der Waals surface area contributed by atoms with Gasteiger partial charge in [-0.2, -0.15) is 13.2 Å². The quantitative estimate of drug-likeness (QED) is 0.711. The summed E-state index contributed by atoms with van der Waals surface area (Å²) in [6, 6.07) is 6.60. The third-order valence-electron chi connectivity index (χ3n) is 2.05. The van der Waals surface area contributed by atoms with Crippen LogP contribution in [0.2, 0.25) is 0 Å². The Hall–Kier alpha value is 0.0490. The molecule has 0 aromatic heterocycles. The molecule has 1 aromatic carbocycles. The first kappa shape index (κ1) is 16.0. The molecular formula is C11H13F3Se2. The van der Waals surface area contributed by atoms with Crippen LogP contribution in [0.1, 0.15) is 30.9 Å². The van der Waals surface area contributed by atoms with Gasteiger partial charge in [-0.05, 0) is 17.0 Å². The van der Waals surface area contributed by atoms with Gasteiger partial charge in [-0.15, -0.1) is 0 Å². The van der Waals surface area contributed by atoms with Crippen molar-refractivity contribution < 1.29 is 13.2 Å². The second kappa shape index (κ2) is 7.39. The van der Waals surface area contributed by atoms with Crippen molar-refractivity contribution in [2.75, 3.05) is 0 Å². The van der Waals surface area contributed by atoms with Crippen LogP contribution in [0.5, 0.6) is 0 Å². The molecule has 0 nitrogen and oxygen atoms in total. The van der Waals surface area contributed by atoms with Gasteiger partial charge in [0.2, 0.25) is 0 Å². The standard InChI is InChI=1S/C11H13F3.Se2/c1-8(2)10-5-3-9(4-6-10)7-11(12,13)14;1-2/h3-6,8H,7H2,1-2H3;. The molecule has 1 aromatic rings. The summed E-state index contributed by atoms with van der Waals surface area (Å²) < 4.78 is 36.0. The number of hydrogen-bond donors (Lipinski definition) is 0. The van der Waals surface area contributed by atoms with Gasteiger partial charge in [0.05, 0.1) is 6.42 Å². The molecule has 0 aliphatic carbocycles. The van der Waals surface area contributed by atoms with Crippen molar-refractivity contribution in [1.82, 2.24) is 0 Å². The van der Waals surface area contributed by atoms with Gasteiger partial charge in [0.25, 0.3) is 0 Å². The maximum atomic E-state index is 12.0. The van der Waals surface area contributed by atoms with Crippen LogP contribution in [0, 0.1) is 0 Å². The van der Waals surface area contributed by atoms with E-state index in [-0.39, 0.29) is 0 Å². The summed E-state index contributed by atoms with van der Waals surface area (Å²) in [5, 5.41) is 0.